The summed E-state index contributed by atoms with van der Waals surface area (Å²) in [5, 5.41) is 13.5. The molecule has 0 spiro atoms. The maximum absolute atomic E-state index is 12.3. The molecular formula is C24H23BrN4O6S. The van der Waals surface area contributed by atoms with E-state index in [9.17, 15) is 14.4 Å². The van der Waals surface area contributed by atoms with E-state index in [1.807, 2.05) is 38.1 Å². The van der Waals surface area contributed by atoms with Crippen LogP contribution in [0, 0.1) is 6.92 Å². The standard InChI is InChI=1S/C24H23BrN4O6S/c1-4-34-18-9-15(12-26-29-24-28-23(32)20(36-24)11-22(31)33-3)17(25)10-19(18)35-13-21(30)27-16-7-5-14(2)6-8-16/h5-12H,4,13H2,1-3H3,(H,27,30)(H,28,29,32)/b20-11+,26-12?. The van der Waals surface area contributed by atoms with E-state index in [0.29, 0.717) is 33.8 Å². The first-order valence-electron chi connectivity index (χ1n) is 10.6. The molecular weight excluding hydrogens is 552 g/mol. The number of amides is 2. The largest absolute Gasteiger partial charge is 0.490 e. The molecule has 1 heterocycles. The number of methoxy groups -OCH3 is 1. The summed E-state index contributed by atoms with van der Waals surface area (Å²) in [7, 11) is 1.22. The number of aryl methyl sites for hydroxylation is 1. The van der Waals surface area contributed by atoms with Crippen LogP contribution in [0.15, 0.2) is 62.1 Å². The van der Waals surface area contributed by atoms with Crippen LogP contribution in [0.2, 0.25) is 0 Å². The number of hydrogen-bond acceptors (Lipinski definition) is 9. The van der Waals surface area contributed by atoms with E-state index in [2.05, 4.69) is 41.5 Å². The van der Waals surface area contributed by atoms with Gasteiger partial charge in [-0.05, 0) is 65.8 Å². The van der Waals surface area contributed by atoms with Crippen molar-refractivity contribution in [2.24, 2.45) is 10.2 Å². The predicted molar refractivity (Wildman–Crippen MR) is 141 cm³/mol. The van der Waals surface area contributed by atoms with E-state index in [1.54, 1.807) is 12.1 Å². The highest BCUT2D eigenvalue weighted by Gasteiger charge is 2.25. The molecule has 3 rings (SSSR count). The Bertz CT molecular complexity index is 1240. The Hall–Kier alpha value is -3.64. The van der Waals surface area contributed by atoms with Gasteiger partial charge >= 0.3 is 5.97 Å². The molecule has 0 atom stereocenters. The highest BCUT2D eigenvalue weighted by Crippen LogP contribution is 2.33. The van der Waals surface area contributed by atoms with Gasteiger partial charge < -0.3 is 19.5 Å². The molecule has 1 saturated heterocycles. The summed E-state index contributed by atoms with van der Waals surface area (Å²) in [6.45, 7) is 3.97. The summed E-state index contributed by atoms with van der Waals surface area (Å²) < 4.78 is 16.5. The number of carbonyl (C=O) groups is 3. The van der Waals surface area contributed by atoms with Gasteiger partial charge in [0.05, 0.1) is 24.8 Å². The van der Waals surface area contributed by atoms with Gasteiger partial charge in [0, 0.05) is 21.8 Å². The molecule has 2 aromatic carbocycles. The van der Waals surface area contributed by atoms with Crippen molar-refractivity contribution in [3.05, 3.63) is 63.0 Å². The fraction of sp³-hybridized carbons (Fsp3) is 0.208. The fourth-order valence-corrected chi connectivity index (χ4v) is 3.96. The zero-order valence-electron chi connectivity index (χ0n) is 19.7. The van der Waals surface area contributed by atoms with Crippen LogP contribution in [0.3, 0.4) is 0 Å². The molecule has 0 saturated carbocycles. The Kier molecular flexibility index (Phi) is 9.65. The van der Waals surface area contributed by atoms with Crippen molar-refractivity contribution in [3.8, 4) is 11.5 Å². The molecule has 188 valence electrons. The Balaban J connectivity index is 1.67. The number of esters is 1. The van der Waals surface area contributed by atoms with E-state index in [1.165, 1.54) is 13.3 Å². The normalized spacial score (nSPS) is 15.3. The average molecular weight is 575 g/mol. The van der Waals surface area contributed by atoms with Crippen LogP contribution in [0.5, 0.6) is 11.5 Å². The molecule has 1 aliphatic heterocycles. The summed E-state index contributed by atoms with van der Waals surface area (Å²) >= 11 is 4.42. The zero-order chi connectivity index (χ0) is 26.1. The second-order valence-corrected chi connectivity index (χ2v) is 9.08. The highest BCUT2D eigenvalue weighted by molar-refractivity contribution is 9.10. The predicted octanol–water partition coefficient (Wildman–Crippen LogP) is 3.78. The second-order valence-electron chi connectivity index (χ2n) is 7.19. The molecule has 0 aliphatic carbocycles. The van der Waals surface area contributed by atoms with Crippen molar-refractivity contribution in [2.75, 3.05) is 25.6 Å². The first kappa shape index (κ1) is 27.0. The maximum atomic E-state index is 12.3. The monoisotopic (exact) mass is 574 g/mol. The minimum Gasteiger partial charge on any atom is -0.490 e. The minimum absolute atomic E-state index is 0.156. The molecule has 2 amide bonds. The summed E-state index contributed by atoms with van der Waals surface area (Å²) in [5.41, 5.74) is 2.40. The first-order valence-corrected chi connectivity index (χ1v) is 12.3. The Labute approximate surface area is 220 Å². The molecule has 1 aliphatic rings. The van der Waals surface area contributed by atoms with Crippen LogP contribution in [0.1, 0.15) is 18.1 Å². The molecule has 0 aromatic heterocycles. The molecule has 1 fully saturated rings. The van der Waals surface area contributed by atoms with Crippen molar-refractivity contribution in [1.29, 1.82) is 0 Å². The molecule has 36 heavy (non-hydrogen) atoms. The molecule has 2 aromatic rings. The Morgan fingerprint density at radius 1 is 1.17 bits per heavy atom. The third-order valence-electron chi connectivity index (χ3n) is 4.50. The van der Waals surface area contributed by atoms with Crippen molar-refractivity contribution in [1.82, 2.24) is 5.32 Å². The van der Waals surface area contributed by atoms with Crippen LogP contribution in [-0.4, -0.2) is 49.5 Å². The third-order valence-corrected chi connectivity index (χ3v) is 6.09. The summed E-state index contributed by atoms with van der Waals surface area (Å²) in [6, 6.07) is 10.8. The summed E-state index contributed by atoms with van der Waals surface area (Å²) in [4.78, 5) is 35.7. The van der Waals surface area contributed by atoms with Gasteiger partial charge in [0.1, 0.15) is 0 Å². The number of hydrogen-bond donors (Lipinski definition) is 2. The topological polar surface area (TPSA) is 128 Å². The number of carbonyl (C=O) groups excluding carboxylic acids is 3. The lowest BCUT2D eigenvalue weighted by Crippen LogP contribution is -2.20. The van der Waals surface area contributed by atoms with Crippen molar-refractivity contribution in [2.45, 2.75) is 13.8 Å². The number of ether oxygens (including phenoxy) is 3. The number of anilines is 1. The van der Waals surface area contributed by atoms with E-state index < -0.39 is 11.9 Å². The quantitative estimate of drug-likeness (QED) is 0.202. The minimum atomic E-state index is -0.639. The number of nitrogens with zero attached hydrogens (tertiary/aromatic N) is 2. The van der Waals surface area contributed by atoms with E-state index in [4.69, 9.17) is 9.47 Å². The van der Waals surface area contributed by atoms with Gasteiger partial charge in [-0.15, -0.1) is 5.10 Å². The number of rotatable bonds is 9. The van der Waals surface area contributed by atoms with Gasteiger partial charge in [-0.2, -0.15) is 5.10 Å². The molecule has 0 bridgehead atoms. The van der Waals surface area contributed by atoms with Crippen LogP contribution >= 0.6 is 27.7 Å². The SMILES string of the molecule is CCOc1cc(C=N/N=C2/NC(=O)/C(=C\C(=O)OC)S2)c(Br)cc1OCC(=O)Nc1ccc(C)cc1. The summed E-state index contributed by atoms with van der Waals surface area (Å²) in [6.07, 6.45) is 2.54. The highest BCUT2D eigenvalue weighted by atomic mass is 79.9. The first-order chi connectivity index (χ1) is 17.3. The van der Waals surface area contributed by atoms with Gasteiger partial charge in [0.2, 0.25) is 0 Å². The van der Waals surface area contributed by atoms with Crippen molar-refractivity contribution in [3.63, 3.8) is 0 Å². The molecule has 0 radical (unpaired) electrons. The van der Waals surface area contributed by atoms with Crippen molar-refractivity contribution < 1.29 is 28.6 Å². The van der Waals surface area contributed by atoms with Crippen LogP contribution in [-0.2, 0) is 19.1 Å². The number of nitrogens with one attached hydrogen (secondary N) is 2. The number of thioether (sulfide) groups is 1. The number of benzene rings is 2. The zero-order valence-corrected chi connectivity index (χ0v) is 22.1. The molecule has 2 N–H and O–H groups in total. The van der Waals surface area contributed by atoms with Gasteiger partial charge in [0.15, 0.2) is 23.3 Å². The van der Waals surface area contributed by atoms with Crippen molar-refractivity contribution >= 4 is 62.5 Å². The molecule has 0 unspecified atom stereocenters. The third kappa shape index (κ3) is 7.68. The molecule has 12 heteroatoms. The number of halogens is 1. The lowest BCUT2D eigenvalue weighted by atomic mass is 10.2. The summed E-state index contributed by atoms with van der Waals surface area (Å²) in [5.74, 6) is -0.616. The fourth-order valence-electron chi connectivity index (χ4n) is 2.79. The maximum Gasteiger partial charge on any atom is 0.331 e. The van der Waals surface area contributed by atoms with Crippen LogP contribution in [0.4, 0.5) is 5.69 Å². The Morgan fingerprint density at radius 2 is 1.89 bits per heavy atom. The van der Waals surface area contributed by atoms with Gasteiger partial charge in [0.25, 0.3) is 11.8 Å². The number of amidine groups is 1. The lowest BCUT2D eigenvalue weighted by molar-refractivity contribution is -0.135. The van der Waals surface area contributed by atoms with E-state index in [0.717, 1.165) is 23.4 Å². The van der Waals surface area contributed by atoms with Gasteiger partial charge in [-0.25, -0.2) is 4.79 Å². The smallest absolute Gasteiger partial charge is 0.331 e. The van der Waals surface area contributed by atoms with E-state index >= 15 is 0 Å². The average Bonchev–Trinajstić information content (AvgIpc) is 3.19. The second kappa shape index (κ2) is 12.9. The lowest BCUT2D eigenvalue weighted by Gasteiger charge is -2.14. The van der Waals surface area contributed by atoms with Gasteiger partial charge in [-0.1, -0.05) is 17.7 Å². The van der Waals surface area contributed by atoms with E-state index in [-0.39, 0.29) is 22.6 Å². The Morgan fingerprint density at radius 3 is 2.58 bits per heavy atom. The van der Waals surface area contributed by atoms with Gasteiger partial charge in [-0.3, -0.25) is 14.9 Å². The van der Waals surface area contributed by atoms with Crippen LogP contribution in [0.25, 0.3) is 0 Å². The van der Waals surface area contributed by atoms with Crippen LogP contribution < -0.4 is 20.1 Å². The molecule has 10 nitrogen and oxygen atoms in total.